The van der Waals surface area contributed by atoms with Gasteiger partial charge in [-0.2, -0.15) is 14.7 Å². The van der Waals surface area contributed by atoms with Gasteiger partial charge < -0.3 is 5.32 Å². The second kappa shape index (κ2) is 5.68. The lowest BCUT2D eigenvalue weighted by Crippen LogP contribution is -2.14. The van der Waals surface area contributed by atoms with Gasteiger partial charge in [0.1, 0.15) is 18.5 Å². The zero-order valence-electron chi connectivity index (χ0n) is 11.4. The lowest BCUT2D eigenvalue weighted by atomic mass is 10.2. The molecular weight excluding hydrogens is 254 g/mol. The molecule has 0 unspecified atom stereocenters. The Morgan fingerprint density at radius 1 is 1.30 bits per heavy atom. The van der Waals surface area contributed by atoms with Gasteiger partial charge in [0, 0.05) is 24.4 Å². The van der Waals surface area contributed by atoms with Crippen molar-refractivity contribution in [3.8, 4) is 0 Å². The molecule has 3 aromatic rings. The summed E-state index contributed by atoms with van der Waals surface area (Å²) in [5, 5.41) is 11.8. The number of aromatic nitrogens is 6. The average Bonchev–Trinajstić information content (AvgIpc) is 3.09. The van der Waals surface area contributed by atoms with E-state index in [0.29, 0.717) is 0 Å². The number of rotatable bonds is 6. The largest absolute Gasteiger partial charge is 0.368 e. The van der Waals surface area contributed by atoms with Crippen molar-refractivity contribution in [3.05, 3.63) is 36.7 Å². The molecule has 0 fully saturated rings. The smallest absolute Gasteiger partial charge is 0.157 e. The molecule has 7 heteroatoms. The van der Waals surface area contributed by atoms with Crippen LogP contribution in [-0.2, 0) is 13.0 Å². The minimum atomic E-state index is 0.758. The number of fused-ring (bicyclic) bond motifs is 1. The SMILES string of the molecule is CCCc1cc(NCCn2cncn2)n2nccc2n1. The Balaban J connectivity index is 1.76. The second-order valence-electron chi connectivity index (χ2n) is 4.57. The van der Waals surface area contributed by atoms with Gasteiger partial charge in [-0.1, -0.05) is 13.3 Å². The first-order valence-corrected chi connectivity index (χ1v) is 6.77. The van der Waals surface area contributed by atoms with E-state index in [2.05, 4.69) is 38.5 Å². The van der Waals surface area contributed by atoms with Gasteiger partial charge in [0.25, 0.3) is 0 Å². The molecule has 0 aliphatic carbocycles. The first-order valence-electron chi connectivity index (χ1n) is 6.77. The lowest BCUT2D eigenvalue weighted by molar-refractivity contribution is 0.634. The van der Waals surface area contributed by atoms with E-state index in [9.17, 15) is 0 Å². The van der Waals surface area contributed by atoms with Gasteiger partial charge in [0.2, 0.25) is 0 Å². The number of hydrogen-bond acceptors (Lipinski definition) is 5. The van der Waals surface area contributed by atoms with Crippen molar-refractivity contribution in [1.29, 1.82) is 0 Å². The Hall–Kier alpha value is -2.44. The summed E-state index contributed by atoms with van der Waals surface area (Å²) in [7, 11) is 0. The molecule has 3 rings (SSSR count). The highest BCUT2D eigenvalue weighted by atomic mass is 15.3. The molecule has 0 aliphatic heterocycles. The highest BCUT2D eigenvalue weighted by Gasteiger charge is 2.05. The van der Waals surface area contributed by atoms with Crippen molar-refractivity contribution >= 4 is 11.5 Å². The fraction of sp³-hybridized carbons (Fsp3) is 0.385. The van der Waals surface area contributed by atoms with Crippen molar-refractivity contribution in [3.63, 3.8) is 0 Å². The van der Waals surface area contributed by atoms with Crippen LogP contribution in [0.2, 0.25) is 0 Å². The van der Waals surface area contributed by atoms with E-state index in [0.717, 1.165) is 43.1 Å². The molecule has 0 saturated heterocycles. The summed E-state index contributed by atoms with van der Waals surface area (Å²) in [4.78, 5) is 8.50. The Bertz CT molecular complexity index is 671. The fourth-order valence-corrected chi connectivity index (χ4v) is 2.12. The number of aryl methyl sites for hydroxylation is 1. The van der Waals surface area contributed by atoms with Gasteiger partial charge in [-0.25, -0.2) is 9.97 Å². The maximum atomic E-state index is 4.58. The van der Waals surface area contributed by atoms with Crippen LogP contribution in [0.3, 0.4) is 0 Å². The average molecular weight is 271 g/mol. The van der Waals surface area contributed by atoms with Gasteiger partial charge in [-0.05, 0) is 6.42 Å². The quantitative estimate of drug-likeness (QED) is 0.733. The molecule has 104 valence electrons. The van der Waals surface area contributed by atoms with E-state index in [1.165, 1.54) is 6.33 Å². The van der Waals surface area contributed by atoms with Crippen LogP contribution in [0.4, 0.5) is 5.82 Å². The summed E-state index contributed by atoms with van der Waals surface area (Å²) >= 11 is 0. The van der Waals surface area contributed by atoms with E-state index >= 15 is 0 Å². The first-order chi connectivity index (χ1) is 9.86. The van der Waals surface area contributed by atoms with E-state index in [4.69, 9.17) is 0 Å². The zero-order valence-corrected chi connectivity index (χ0v) is 11.4. The maximum Gasteiger partial charge on any atom is 0.157 e. The molecular formula is C13H17N7. The summed E-state index contributed by atoms with van der Waals surface area (Å²) in [6.07, 6.45) is 7.06. The van der Waals surface area contributed by atoms with Gasteiger partial charge in [0.05, 0.1) is 12.7 Å². The minimum Gasteiger partial charge on any atom is -0.368 e. The van der Waals surface area contributed by atoms with Crippen molar-refractivity contribution in [1.82, 2.24) is 29.4 Å². The van der Waals surface area contributed by atoms with E-state index in [1.807, 2.05) is 10.6 Å². The molecule has 0 saturated carbocycles. The lowest BCUT2D eigenvalue weighted by Gasteiger charge is -2.10. The molecule has 0 atom stereocenters. The van der Waals surface area contributed by atoms with Crippen LogP contribution in [0.1, 0.15) is 19.0 Å². The molecule has 0 bridgehead atoms. The van der Waals surface area contributed by atoms with Gasteiger partial charge in [-0.3, -0.25) is 4.68 Å². The minimum absolute atomic E-state index is 0.758. The standard InChI is InChI=1S/C13H17N7/c1-2-3-11-8-13(20-12(18-11)4-5-16-20)15-6-7-19-10-14-9-17-19/h4-5,8-10,15H,2-3,6-7H2,1H3. The predicted molar refractivity (Wildman–Crippen MR) is 75.5 cm³/mol. The zero-order chi connectivity index (χ0) is 13.8. The number of hydrogen-bond donors (Lipinski definition) is 1. The van der Waals surface area contributed by atoms with Crippen LogP contribution >= 0.6 is 0 Å². The first kappa shape index (κ1) is 12.6. The molecule has 20 heavy (non-hydrogen) atoms. The van der Waals surface area contributed by atoms with Crippen LogP contribution in [0.25, 0.3) is 5.65 Å². The number of anilines is 1. The molecule has 3 aromatic heterocycles. The van der Waals surface area contributed by atoms with Crippen LogP contribution in [0, 0.1) is 0 Å². The molecule has 0 aliphatic rings. The van der Waals surface area contributed by atoms with E-state index in [1.54, 1.807) is 17.2 Å². The molecule has 3 heterocycles. The topological polar surface area (TPSA) is 72.9 Å². The normalized spacial score (nSPS) is 11.1. The number of nitrogens with one attached hydrogen (secondary N) is 1. The molecule has 7 nitrogen and oxygen atoms in total. The molecule has 0 spiro atoms. The van der Waals surface area contributed by atoms with Gasteiger partial charge in [0.15, 0.2) is 5.65 Å². The molecule has 1 N–H and O–H groups in total. The predicted octanol–water partition coefficient (Wildman–Crippen LogP) is 1.39. The van der Waals surface area contributed by atoms with Crippen LogP contribution in [0.5, 0.6) is 0 Å². The maximum absolute atomic E-state index is 4.58. The number of nitrogens with zero attached hydrogens (tertiary/aromatic N) is 6. The Morgan fingerprint density at radius 3 is 3.05 bits per heavy atom. The third kappa shape index (κ3) is 2.61. The van der Waals surface area contributed by atoms with Crippen LogP contribution in [0.15, 0.2) is 31.0 Å². The van der Waals surface area contributed by atoms with Crippen LogP contribution in [-0.4, -0.2) is 35.9 Å². The van der Waals surface area contributed by atoms with Crippen molar-refractivity contribution in [2.75, 3.05) is 11.9 Å². The molecule has 0 radical (unpaired) electrons. The van der Waals surface area contributed by atoms with Crippen LogP contribution < -0.4 is 5.32 Å². The molecule has 0 aromatic carbocycles. The Morgan fingerprint density at radius 2 is 2.25 bits per heavy atom. The van der Waals surface area contributed by atoms with Gasteiger partial charge >= 0.3 is 0 Å². The summed E-state index contributed by atoms with van der Waals surface area (Å²) in [5.74, 6) is 0.962. The summed E-state index contributed by atoms with van der Waals surface area (Å²) in [5.41, 5.74) is 1.96. The van der Waals surface area contributed by atoms with E-state index in [-0.39, 0.29) is 0 Å². The van der Waals surface area contributed by atoms with E-state index < -0.39 is 0 Å². The summed E-state index contributed by atoms with van der Waals surface area (Å²) in [6.45, 7) is 3.67. The van der Waals surface area contributed by atoms with Crippen molar-refractivity contribution in [2.24, 2.45) is 0 Å². The highest BCUT2D eigenvalue weighted by Crippen LogP contribution is 2.13. The monoisotopic (exact) mass is 271 g/mol. The molecule has 0 amide bonds. The highest BCUT2D eigenvalue weighted by molar-refractivity contribution is 5.49. The third-order valence-corrected chi connectivity index (χ3v) is 3.03. The second-order valence-corrected chi connectivity index (χ2v) is 4.57. The Kier molecular flexibility index (Phi) is 3.58. The van der Waals surface area contributed by atoms with Crippen molar-refractivity contribution < 1.29 is 0 Å². The summed E-state index contributed by atoms with van der Waals surface area (Å²) in [6, 6.07) is 3.98. The Labute approximate surface area is 116 Å². The van der Waals surface area contributed by atoms with Gasteiger partial charge in [-0.15, -0.1) is 0 Å². The third-order valence-electron chi connectivity index (χ3n) is 3.03. The van der Waals surface area contributed by atoms with Crippen molar-refractivity contribution in [2.45, 2.75) is 26.3 Å². The summed E-state index contributed by atoms with van der Waals surface area (Å²) < 4.78 is 3.61. The fourth-order valence-electron chi connectivity index (χ4n) is 2.12.